The zero-order chi connectivity index (χ0) is 20.5. The molecule has 0 bridgehead atoms. The summed E-state index contributed by atoms with van der Waals surface area (Å²) in [5.41, 5.74) is 5.33. The summed E-state index contributed by atoms with van der Waals surface area (Å²) in [7, 11) is 0. The van der Waals surface area contributed by atoms with E-state index >= 15 is 0 Å². The van der Waals surface area contributed by atoms with Gasteiger partial charge in [0.1, 0.15) is 30.5 Å². The Morgan fingerprint density at radius 3 is 2.62 bits per heavy atom. The molecule has 6 nitrogen and oxygen atoms in total. The van der Waals surface area contributed by atoms with Crippen molar-refractivity contribution in [2.75, 3.05) is 13.2 Å². The molecule has 0 amide bonds. The molecule has 29 heavy (non-hydrogen) atoms. The number of benzene rings is 2. The number of hydrogen-bond acceptors (Lipinski definition) is 6. The third-order valence-corrected chi connectivity index (χ3v) is 6.21. The molecule has 1 fully saturated rings. The minimum Gasteiger partial charge on any atom is -0.394 e. The van der Waals surface area contributed by atoms with Gasteiger partial charge in [-0.2, -0.15) is 0 Å². The van der Waals surface area contributed by atoms with Crippen LogP contribution in [0.25, 0.3) is 0 Å². The predicted molar refractivity (Wildman–Crippen MR) is 109 cm³/mol. The summed E-state index contributed by atoms with van der Waals surface area (Å²) in [4.78, 5) is 0. The highest BCUT2D eigenvalue weighted by atomic mass is 35.5. The summed E-state index contributed by atoms with van der Waals surface area (Å²) in [6.45, 7) is 1.41. The average molecular weight is 420 g/mol. The number of nitrogens with one attached hydrogen (secondary N) is 1. The van der Waals surface area contributed by atoms with Gasteiger partial charge in [-0.25, -0.2) is 0 Å². The van der Waals surface area contributed by atoms with Gasteiger partial charge in [0.25, 0.3) is 0 Å². The molecule has 0 aliphatic carbocycles. The zero-order valence-corrected chi connectivity index (χ0v) is 16.7. The Labute approximate surface area is 174 Å². The summed E-state index contributed by atoms with van der Waals surface area (Å²) in [5.74, 6) is 0. The van der Waals surface area contributed by atoms with Crippen molar-refractivity contribution in [1.29, 1.82) is 0 Å². The van der Waals surface area contributed by atoms with Crippen LogP contribution in [0.3, 0.4) is 0 Å². The third-order valence-electron chi connectivity index (χ3n) is 5.84. The Bertz CT molecular complexity index is 874. The molecule has 7 heteroatoms. The molecule has 0 aromatic heterocycles. The fraction of sp³-hybridized carbons (Fsp3) is 0.455. The van der Waals surface area contributed by atoms with Crippen molar-refractivity contribution >= 4 is 11.6 Å². The van der Waals surface area contributed by atoms with E-state index in [1.807, 2.05) is 6.07 Å². The van der Waals surface area contributed by atoms with Crippen LogP contribution in [-0.4, -0.2) is 58.0 Å². The molecule has 4 rings (SSSR count). The SMILES string of the molecule is OC[C@H]1O[C@@H](c2ccc(Cl)c(Cc3ccc4c(c3)CNCC4)c2)[C@H](O)[C@@H](O)[C@@H]1O. The van der Waals surface area contributed by atoms with E-state index < -0.39 is 37.1 Å². The fourth-order valence-corrected chi connectivity index (χ4v) is 4.33. The molecule has 2 aliphatic heterocycles. The monoisotopic (exact) mass is 419 g/mol. The first-order valence-electron chi connectivity index (χ1n) is 9.88. The van der Waals surface area contributed by atoms with Crippen LogP contribution in [0.2, 0.25) is 5.02 Å². The van der Waals surface area contributed by atoms with E-state index in [9.17, 15) is 20.4 Å². The van der Waals surface area contributed by atoms with Crippen LogP contribution < -0.4 is 5.32 Å². The van der Waals surface area contributed by atoms with Crippen LogP contribution in [0.5, 0.6) is 0 Å². The van der Waals surface area contributed by atoms with Crippen LogP contribution in [0.15, 0.2) is 36.4 Å². The predicted octanol–water partition coefficient (Wildman–Crippen LogP) is 1.09. The van der Waals surface area contributed by atoms with Gasteiger partial charge in [-0.15, -0.1) is 0 Å². The number of aliphatic hydroxyl groups is 4. The lowest BCUT2D eigenvalue weighted by molar-refractivity contribution is -0.231. The summed E-state index contributed by atoms with van der Waals surface area (Å²) < 4.78 is 5.67. The highest BCUT2D eigenvalue weighted by molar-refractivity contribution is 6.31. The first-order chi connectivity index (χ1) is 14.0. The smallest absolute Gasteiger partial charge is 0.113 e. The molecular formula is C22H26ClNO5. The van der Waals surface area contributed by atoms with Crippen LogP contribution in [0.1, 0.15) is 33.9 Å². The van der Waals surface area contributed by atoms with Gasteiger partial charge in [-0.05, 0) is 53.3 Å². The van der Waals surface area contributed by atoms with E-state index in [4.69, 9.17) is 16.3 Å². The van der Waals surface area contributed by atoms with Crippen LogP contribution in [-0.2, 0) is 24.1 Å². The molecule has 5 atom stereocenters. The number of rotatable bonds is 4. The topological polar surface area (TPSA) is 102 Å². The van der Waals surface area contributed by atoms with E-state index in [0.29, 0.717) is 17.0 Å². The minimum absolute atomic E-state index is 0.453. The first-order valence-corrected chi connectivity index (χ1v) is 10.3. The molecule has 0 saturated carbocycles. The number of ether oxygens (including phenoxy) is 1. The zero-order valence-electron chi connectivity index (χ0n) is 16.0. The van der Waals surface area contributed by atoms with Crippen LogP contribution in [0.4, 0.5) is 0 Å². The second kappa shape index (κ2) is 8.70. The Balaban J connectivity index is 1.59. The Morgan fingerprint density at radius 2 is 1.83 bits per heavy atom. The summed E-state index contributed by atoms with van der Waals surface area (Å²) >= 11 is 6.43. The van der Waals surface area contributed by atoms with Crippen molar-refractivity contribution in [1.82, 2.24) is 5.32 Å². The maximum atomic E-state index is 10.4. The summed E-state index contributed by atoms with van der Waals surface area (Å²) in [6.07, 6.45) is -4.24. The Morgan fingerprint density at radius 1 is 1.00 bits per heavy atom. The van der Waals surface area contributed by atoms with E-state index in [1.165, 1.54) is 11.1 Å². The Kier molecular flexibility index (Phi) is 6.22. The molecule has 0 radical (unpaired) electrons. The van der Waals surface area contributed by atoms with Gasteiger partial charge in [0.15, 0.2) is 0 Å². The number of hydrogen-bond donors (Lipinski definition) is 5. The molecule has 2 aliphatic rings. The molecular weight excluding hydrogens is 394 g/mol. The minimum atomic E-state index is -1.40. The van der Waals surface area contributed by atoms with E-state index in [1.54, 1.807) is 12.1 Å². The highest BCUT2D eigenvalue weighted by Gasteiger charge is 2.44. The van der Waals surface area contributed by atoms with E-state index in [2.05, 4.69) is 23.5 Å². The van der Waals surface area contributed by atoms with Crippen molar-refractivity contribution in [3.8, 4) is 0 Å². The van der Waals surface area contributed by atoms with Crippen molar-refractivity contribution in [2.45, 2.75) is 49.9 Å². The second-order valence-electron chi connectivity index (χ2n) is 7.81. The van der Waals surface area contributed by atoms with Gasteiger partial charge in [0.2, 0.25) is 0 Å². The molecule has 0 spiro atoms. The lowest BCUT2D eigenvalue weighted by atomic mass is 9.89. The van der Waals surface area contributed by atoms with Gasteiger partial charge >= 0.3 is 0 Å². The quantitative estimate of drug-likeness (QED) is 0.508. The summed E-state index contributed by atoms with van der Waals surface area (Å²) in [6, 6.07) is 11.8. The fourth-order valence-electron chi connectivity index (χ4n) is 4.15. The Hall–Kier alpha value is -1.51. The van der Waals surface area contributed by atoms with Crippen LogP contribution >= 0.6 is 11.6 Å². The van der Waals surface area contributed by atoms with Crippen molar-refractivity contribution in [3.63, 3.8) is 0 Å². The van der Waals surface area contributed by atoms with Gasteiger partial charge in [0, 0.05) is 11.6 Å². The van der Waals surface area contributed by atoms with Crippen molar-refractivity contribution in [3.05, 3.63) is 69.2 Å². The molecule has 2 heterocycles. The largest absolute Gasteiger partial charge is 0.394 e. The highest BCUT2D eigenvalue weighted by Crippen LogP contribution is 2.34. The molecule has 156 valence electrons. The average Bonchev–Trinajstić information content (AvgIpc) is 2.74. The summed E-state index contributed by atoms with van der Waals surface area (Å²) in [5, 5.41) is 43.9. The van der Waals surface area contributed by atoms with Crippen LogP contribution in [0, 0.1) is 0 Å². The molecule has 1 saturated heterocycles. The maximum Gasteiger partial charge on any atom is 0.113 e. The van der Waals surface area contributed by atoms with E-state index in [-0.39, 0.29) is 0 Å². The van der Waals surface area contributed by atoms with Gasteiger partial charge in [-0.3, -0.25) is 0 Å². The molecule has 5 N–H and O–H groups in total. The normalized spacial score (nSPS) is 29.5. The first kappa shape index (κ1) is 20.8. The van der Waals surface area contributed by atoms with Crippen molar-refractivity contribution < 1.29 is 25.2 Å². The standard InChI is InChI=1S/C22H26ClNO5/c23-17-4-3-14(22-21(28)20(27)19(26)18(11-25)29-22)9-15(17)7-12-1-2-13-5-6-24-10-16(13)8-12/h1-4,8-9,18-22,24-28H,5-7,10-11H2/t18-,19-,20+,21-,22+/m1/s1. The molecule has 0 unspecified atom stereocenters. The lowest BCUT2D eigenvalue weighted by Gasteiger charge is -2.40. The molecule has 2 aromatic carbocycles. The van der Waals surface area contributed by atoms with Crippen molar-refractivity contribution in [2.24, 2.45) is 0 Å². The maximum absolute atomic E-state index is 10.4. The number of aliphatic hydroxyl groups excluding tert-OH is 4. The molecule has 2 aromatic rings. The van der Waals surface area contributed by atoms with Gasteiger partial charge in [-0.1, -0.05) is 41.9 Å². The number of fused-ring (bicyclic) bond motifs is 1. The van der Waals surface area contributed by atoms with Gasteiger partial charge in [0.05, 0.1) is 6.61 Å². The van der Waals surface area contributed by atoms with E-state index in [0.717, 1.165) is 30.6 Å². The second-order valence-corrected chi connectivity index (χ2v) is 8.21. The third kappa shape index (κ3) is 4.20. The van der Waals surface area contributed by atoms with Gasteiger partial charge < -0.3 is 30.5 Å². The lowest BCUT2D eigenvalue weighted by Crippen LogP contribution is -2.55. The number of halogens is 1.